The van der Waals surface area contributed by atoms with E-state index in [2.05, 4.69) is 31.3 Å². The van der Waals surface area contributed by atoms with Gasteiger partial charge in [0.2, 0.25) is 0 Å². The fourth-order valence-corrected chi connectivity index (χ4v) is 2.01. The first-order valence-electron chi connectivity index (χ1n) is 6.54. The maximum absolute atomic E-state index is 11.5. The molecule has 0 saturated carbocycles. The Balaban J connectivity index is 2.71. The third kappa shape index (κ3) is 4.49. The second-order valence-electron chi connectivity index (χ2n) is 4.54. The van der Waals surface area contributed by atoms with E-state index in [-0.39, 0.29) is 17.9 Å². The number of ether oxygens (including phenoxy) is 1. The third-order valence-electron chi connectivity index (χ3n) is 3.20. The second kappa shape index (κ2) is 7.88. The first-order valence-corrected chi connectivity index (χ1v) is 6.54. The average molecular weight is 249 g/mol. The number of esters is 1. The molecule has 0 radical (unpaired) electrons. The molecule has 0 aliphatic heterocycles. The first-order chi connectivity index (χ1) is 8.69. The summed E-state index contributed by atoms with van der Waals surface area (Å²) in [7, 11) is 1.44. The Kier molecular flexibility index (Phi) is 6.44. The Bertz CT molecular complexity index is 351. The molecule has 1 aromatic rings. The summed E-state index contributed by atoms with van der Waals surface area (Å²) < 4.78 is 4.77. The second-order valence-corrected chi connectivity index (χ2v) is 4.54. The zero-order valence-corrected chi connectivity index (χ0v) is 11.5. The van der Waals surface area contributed by atoms with Crippen LogP contribution < -0.4 is 5.32 Å². The Hall–Kier alpha value is -1.35. The van der Waals surface area contributed by atoms with Gasteiger partial charge >= 0.3 is 5.97 Å². The van der Waals surface area contributed by atoms with Crippen LogP contribution in [-0.2, 0) is 9.53 Å². The molecule has 100 valence electrons. The van der Waals surface area contributed by atoms with Gasteiger partial charge in [-0.15, -0.1) is 0 Å². The van der Waals surface area contributed by atoms with E-state index in [4.69, 9.17) is 4.74 Å². The van der Waals surface area contributed by atoms with Crippen molar-refractivity contribution in [1.82, 2.24) is 5.32 Å². The maximum Gasteiger partial charge on any atom is 0.307 e. The van der Waals surface area contributed by atoms with Gasteiger partial charge in [0, 0.05) is 6.04 Å². The Morgan fingerprint density at radius 1 is 1.33 bits per heavy atom. The number of hydrogen-bond donors (Lipinski definition) is 1. The molecule has 2 atom stereocenters. The summed E-state index contributed by atoms with van der Waals surface area (Å²) in [5.74, 6) is 0.128. The molecule has 1 rings (SSSR count). The molecular weight excluding hydrogens is 226 g/mol. The number of carbonyl (C=O) groups is 1. The molecule has 0 heterocycles. The minimum Gasteiger partial charge on any atom is -0.469 e. The SMILES string of the molecule is CCCNC(CC(=O)OC)C(C)c1ccccc1. The summed E-state index contributed by atoms with van der Waals surface area (Å²) in [5, 5.41) is 3.43. The summed E-state index contributed by atoms with van der Waals surface area (Å²) in [5.41, 5.74) is 1.25. The van der Waals surface area contributed by atoms with Crippen LogP contribution in [0, 0.1) is 0 Å². The number of carbonyl (C=O) groups excluding carboxylic acids is 1. The lowest BCUT2D eigenvalue weighted by molar-refractivity contribution is -0.141. The van der Waals surface area contributed by atoms with Crippen LogP contribution in [0.4, 0.5) is 0 Å². The standard InChI is InChI=1S/C15H23NO2/c1-4-10-16-14(11-15(17)18-3)12(2)13-8-6-5-7-9-13/h5-9,12,14,16H,4,10-11H2,1-3H3. The third-order valence-corrected chi connectivity index (χ3v) is 3.20. The Morgan fingerprint density at radius 3 is 2.56 bits per heavy atom. The molecule has 0 saturated heterocycles. The van der Waals surface area contributed by atoms with Crippen molar-refractivity contribution in [2.24, 2.45) is 0 Å². The molecule has 0 spiro atoms. The quantitative estimate of drug-likeness (QED) is 0.755. The Morgan fingerprint density at radius 2 is 2.00 bits per heavy atom. The largest absolute Gasteiger partial charge is 0.469 e. The lowest BCUT2D eigenvalue weighted by atomic mass is 9.91. The van der Waals surface area contributed by atoms with E-state index in [1.54, 1.807) is 0 Å². The summed E-state index contributed by atoms with van der Waals surface area (Å²) >= 11 is 0. The molecule has 0 aliphatic rings. The van der Waals surface area contributed by atoms with E-state index >= 15 is 0 Å². The van der Waals surface area contributed by atoms with Crippen molar-refractivity contribution >= 4 is 5.97 Å². The average Bonchev–Trinajstić information content (AvgIpc) is 2.43. The predicted octanol–water partition coefficient (Wildman–Crippen LogP) is 2.72. The Labute approximate surface area is 110 Å². The van der Waals surface area contributed by atoms with Crippen molar-refractivity contribution in [1.29, 1.82) is 0 Å². The molecule has 0 aromatic heterocycles. The molecule has 0 fully saturated rings. The van der Waals surface area contributed by atoms with Crippen molar-refractivity contribution < 1.29 is 9.53 Å². The molecule has 3 heteroatoms. The van der Waals surface area contributed by atoms with E-state index < -0.39 is 0 Å². The summed E-state index contributed by atoms with van der Waals surface area (Å²) in [6.45, 7) is 5.18. The van der Waals surface area contributed by atoms with Gasteiger partial charge in [-0.2, -0.15) is 0 Å². The highest BCUT2D eigenvalue weighted by atomic mass is 16.5. The predicted molar refractivity (Wildman–Crippen MR) is 73.6 cm³/mol. The van der Waals surface area contributed by atoms with Gasteiger partial charge in [-0.1, -0.05) is 44.2 Å². The molecule has 2 unspecified atom stereocenters. The van der Waals surface area contributed by atoms with Gasteiger partial charge in [-0.3, -0.25) is 4.79 Å². The smallest absolute Gasteiger partial charge is 0.307 e. The van der Waals surface area contributed by atoms with E-state index in [1.165, 1.54) is 12.7 Å². The van der Waals surface area contributed by atoms with Gasteiger partial charge in [0.25, 0.3) is 0 Å². The van der Waals surface area contributed by atoms with Gasteiger partial charge < -0.3 is 10.1 Å². The minimum absolute atomic E-state index is 0.125. The number of hydrogen-bond acceptors (Lipinski definition) is 3. The van der Waals surface area contributed by atoms with Crippen LogP contribution in [0.25, 0.3) is 0 Å². The van der Waals surface area contributed by atoms with Crippen LogP contribution in [0.15, 0.2) is 30.3 Å². The van der Waals surface area contributed by atoms with E-state index in [1.807, 2.05) is 18.2 Å². The minimum atomic E-state index is -0.161. The van der Waals surface area contributed by atoms with Gasteiger partial charge in [-0.25, -0.2) is 0 Å². The number of nitrogens with one attached hydrogen (secondary N) is 1. The summed E-state index contributed by atoms with van der Waals surface area (Å²) in [6.07, 6.45) is 1.46. The van der Waals surface area contributed by atoms with Crippen LogP contribution in [0.2, 0.25) is 0 Å². The molecule has 0 amide bonds. The lowest BCUT2D eigenvalue weighted by Crippen LogP contribution is -2.36. The summed E-state index contributed by atoms with van der Waals surface area (Å²) in [4.78, 5) is 11.5. The molecule has 0 aliphatic carbocycles. The van der Waals surface area contributed by atoms with E-state index in [0.717, 1.165) is 13.0 Å². The molecule has 0 bridgehead atoms. The van der Waals surface area contributed by atoms with E-state index in [9.17, 15) is 4.79 Å². The fraction of sp³-hybridized carbons (Fsp3) is 0.533. The maximum atomic E-state index is 11.5. The van der Waals surface area contributed by atoms with Crippen LogP contribution in [0.1, 0.15) is 38.2 Å². The molecule has 1 N–H and O–H groups in total. The first kappa shape index (κ1) is 14.7. The van der Waals surface area contributed by atoms with Crippen LogP contribution in [-0.4, -0.2) is 25.7 Å². The number of benzene rings is 1. The zero-order valence-electron chi connectivity index (χ0n) is 11.5. The highest BCUT2D eigenvalue weighted by Gasteiger charge is 2.21. The fourth-order valence-electron chi connectivity index (χ4n) is 2.01. The molecule has 18 heavy (non-hydrogen) atoms. The lowest BCUT2D eigenvalue weighted by Gasteiger charge is -2.24. The van der Waals surface area contributed by atoms with Crippen LogP contribution in [0.3, 0.4) is 0 Å². The van der Waals surface area contributed by atoms with Gasteiger partial charge in [0.15, 0.2) is 0 Å². The number of rotatable bonds is 7. The van der Waals surface area contributed by atoms with E-state index in [0.29, 0.717) is 6.42 Å². The normalized spacial score (nSPS) is 13.9. The van der Waals surface area contributed by atoms with Crippen molar-refractivity contribution in [3.05, 3.63) is 35.9 Å². The van der Waals surface area contributed by atoms with Crippen molar-refractivity contribution in [3.63, 3.8) is 0 Å². The van der Waals surface area contributed by atoms with Crippen LogP contribution >= 0.6 is 0 Å². The van der Waals surface area contributed by atoms with Gasteiger partial charge in [-0.05, 0) is 24.4 Å². The molecular formula is C15H23NO2. The topological polar surface area (TPSA) is 38.3 Å². The highest BCUT2D eigenvalue weighted by molar-refractivity contribution is 5.70. The zero-order chi connectivity index (χ0) is 13.4. The summed E-state index contributed by atoms with van der Waals surface area (Å²) in [6, 6.07) is 10.4. The van der Waals surface area contributed by atoms with Crippen molar-refractivity contribution in [2.75, 3.05) is 13.7 Å². The van der Waals surface area contributed by atoms with Crippen molar-refractivity contribution in [2.45, 2.75) is 38.6 Å². The van der Waals surface area contributed by atoms with Gasteiger partial charge in [0.05, 0.1) is 13.5 Å². The molecule has 3 nitrogen and oxygen atoms in total. The highest BCUT2D eigenvalue weighted by Crippen LogP contribution is 2.21. The molecule has 1 aromatic carbocycles. The van der Waals surface area contributed by atoms with Gasteiger partial charge in [0.1, 0.15) is 0 Å². The van der Waals surface area contributed by atoms with Crippen LogP contribution in [0.5, 0.6) is 0 Å². The van der Waals surface area contributed by atoms with Crippen molar-refractivity contribution in [3.8, 4) is 0 Å². The number of methoxy groups -OCH3 is 1. The monoisotopic (exact) mass is 249 g/mol.